The molecule has 0 radical (unpaired) electrons. The molecule has 1 saturated carbocycles. The lowest BCUT2D eigenvalue weighted by atomic mass is 9.98. The average molecular weight is 312 g/mol. The minimum absolute atomic E-state index is 0.0335. The summed E-state index contributed by atoms with van der Waals surface area (Å²) in [6, 6.07) is 5.15. The van der Waals surface area contributed by atoms with E-state index in [4.69, 9.17) is 0 Å². The zero-order valence-corrected chi connectivity index (χ0v) is 12.4. The normalized spacial score (nSPS) is 20.4. The van der Waals surface area contributed by atoms with Gasteiger partial charge in [-0.25, -0.2) is 0 Å². The molecule has 0 spiro atoms. The van der Waals surface area contributed by atoms with E-state index in [2.05, 4.69) is 5.32 Å². The minimum Gasteiger partial charge on any atom is -0.333 e. The summed E-state index contributed by atoms with van der Waals surface area (Å²) in [4.78, 5) is 14.4. The van der Waals surface area contributed by atoms with Gasteiger partial charge in [-0.15, -0.1) is 0 Å². The molecule has 3 nitrogen and oxygen atoms in total. The highest BCUT2D eigenvalue weighted by Crippen LogP contribution is 2.37. The number of carbonyl (C=O) groups is 1. The van der Waals surface area contributed by atoms with Crippen LogP contribution in [0.2, 0.25) is 0 Å². The van der Waals surface area contributed by atoms with E-state index in [0.29, 0.717) is 18.7 Å². The van der Waals surface area contributed by atoms with Crippen LogP contribution in [0.5, 0.6) is 0 Å². The number of hydrogen-bond acceptors (Lipinski definition) is 2. The molecule has 3 rings (SSSR count). The van der Waals surface area contributed by atoms with E-state index >= 15 is 0 Å². The lowest BCUT2D eigenvalue weighted by molar-refractivity contribution is -0.140. The number of alkyl halides is 3. The Morgan fingerprint density at radius 3 is 2.50 bits per heavy atom. The molecular formula is C16H19F3N2O. The van der Waals surface area contributed by atoms with Crippen molar-refractivity contribution in [2.45, 2.75) is 38.0 Å². The molecule has 22 heavy (non-hydrogen) atoms. The fraction of sp³-hybridized carbons (Fsp3) is 0.562. The molecule has 6 heteroatoms. The van der Waals surface area contributed by atoms with Crippen molar-refractivity contribution >= 4 is 5.91 Å². The molecular weight excluding hydrogens is 293 g/mol. The molecule has 1 N–H and O–H groups in total. The Labute approximate surface area is 127 Å². The van der Waals surface area contributed by atoms with E-state index in [1.54, 1.807) is 11.0 Å². The molecule has 1 unspecified atom stereocenters. The number of amides is 1. The Morgan fingerprint density at radius 1 is 1.32 bits per heavy atom. The van der Waals surface area contributed by atoms with Gasteiger partial charge in [0.1, 0.15) is 0 Å². The third-order valence-corrected chi connectivity index (χ3v) is 4.44. The first-order valence-corrected chi connectivity index (χ1v) is 7.58. The monoisotopic (exact) mass is 312 g/mol. The number of benzene rings is 1. The Bertz CT molecular complexity index is 565. The van der Waals surface area contributed by atoms with Gasteiger partial charge in [-0.3, -0.25) is 4.79 Å². The quantitative estimate of drug-likeness (QED) is 0.927. The van der Waals surface area contributed by atoms with Crippen LogP contribution in [-0.2, 0) is 11.0 Å². The van der Waals surface area contributed by atoms with Gasteiger partial charge in [0.15, 0.2) is 0 Å². The second kappa shape index (κ2) is 5.57. The molecule has 1 saturated heterocycles. The molecule has 2 aliphatic rings. The van der Waals surface area contributed by atoms with E-state index in [1.165, 1.54) is 6.07 Å². The highest BCUT2D eigenvalue weighted by molar-refractivity contribution is 5.81. The largest absolute Gasteiger partial charge is 0.416 e. The molecule has 1 aliphatic carbocycles. The van der Waals surface area contributed by atoms with Crippen LogP contribution in [0.3, 0.4) is 0 Å². The zero-order chi connectivity index (χ0) is 15.9. The number of nitrogens with zero attached hydrogens (tertiary/aromatic N) is 1. The van der Waals surface area contributed by atoms with Crippen LogP contribution in [0.1, 0.15) is 36.9 Å². The van der Waals surface area contributed by atoms with Crippen molar-refractivity contribution in [3.05, 3.63) is 35.4 Å². The van der Waals surface area contributed by atoms with Crippen LogP contribution in [0.4, 0.5) is 13.2 Å². The van der Waals surface area contributed by atoms with Gasteiger partial charge in [0.05, 0.1) is 17.5 Å². The first kappa shape index (κ1) is 15.3. The van der Waals surface area contributed by atoms with Crippen LogP contribution >= 0.6 is 0 Å². The van der Waals surface area contributed by atoms with E-state index in [-0.39, 0.29) is 23.9 Å². The van der Waals surface area contributed by atoms with Crippen molar-refractivity contribution in [2.24, 2.45) is 5.92 Å². The Kier molecular flexibility index (Phi) is 3.89. The summed E-state index contributed by atoms with van der Waals surface area (Å²) >= 11 is 0. The van der Waals surface area contributed by atoms with E-state index in [0.717, 1.165) is 25.0 Å². The molecule has 120 valence electrons. The zero-order valence-electron chi connectivity index (χ0n) is 12.4. The summed E-state index contributed by atoms with van der Waals surface area (Å²) in [5, 5.41) is 3.07. The second-order valence-corrected chi connectivity index (χ2v) is 6.13. The lowest BCUT2D eigenvalue weighted by Crippen LogP contribution is -2.53. The summed E-state index contributed by atoms with van der Waals surface area (Å²) in [5.74, 6) is 0.0278. The molecule has 1 heterocycles. The van der Waals surface area contributed by atoms with Gasteiger partial charge in [-0.2, -0.15) is 13.2 Å². The summed E-state index contributed by atoms with van der Waals surface area (Å²) in [6.07, 6.45) is -2.48. The number of nitrogens with one attached hydrogen (secondary N) is 1. The Morgan fingerprint density at radius 2 is 2.00 bits per heavy atom. The summed E-state index contributed by atoms with van der Waals surface area (Å²) in [6.45, 7) is 3.15. The average Bonchev–Trinajstić information content (AvgIpc) is 3.20. The van der Waals surface area contributed by atoms with Crippen LogP contribution in [0.15, 0.2) is 24.3 Å². The number of hydrogen-bond donors (Lipinski definition) is 1. The van der Waals surface area contributed by atoms with E-state index in [9.17, 15) is 18.0 Å². The van der Waals surface area contributed by atoms with E-state index < -0.39 is 11.7 Å². The van der Waals surface area contributed by atoms with Gasteiger partial charge >= 0.3 is 6.18 Å². The molecule has 2 fully saturated rings. The predicted octanol–water partition coefficient (Wildman–Crippen LogP) is 2.98. The van der Waals surface area contributed by atoms with Gasteiger partial charge in [-0.05, 0) is 37.5 Å². The lowest BCUT2D eigenvalue weighted by Gasteiger charge is -2.36. The third-order valence-electron chi connectivity index (χ3n) is 4.44. The molecule has 1 atom stereocenters. The fourth-order valence-corrected chi connectivity index (χ4v) is 2.85. The van der Waals surface area contributed by atoms with Crippen LogP contribution in [-0.4, -0.2) is 29.9 Å². The third kappa shape index (κ3) is 2.97. The maximum atomic E-state index is 12.9. The Hall–Kier alpha value is -1.56. The molecule has 1 amide bonds. The van der Waals surface area contributed by atoms with Gasteiger partial charge in [0.2, 0.25) is 5.91 Å². The minimum atomic E-state index is -4.36. The first-order valence-electron chi connectivity index (χ1n) is 7.58. The van der Waals surface area contributed by atoms with Crippen molar-refractivity contribution in [2.75, 3.05) is 13.1 Å². The Balaban J connectivity index is 1.84. The van der Waals surface area contributed by atoms with Crippen molar-refractivity contribution in [1.29, 1.82) is 0 Å². The van der Waals surface area contributed by atoms with Gasteiger partial charge in [0.25, 0.3) is 0 Å². The van der Waals surface area contributed by atoms with Crippen molar-refractivity contribution in [3.63, 3.8) is 0 Å². The SMILES string of the molecule is CC(c1cccc(C(F)(F)F)c1)N(C(=O)C1CNC1)C1CC1. The van der Waals surface area contributed by atoms with Crippen molar-refractivity contribution in [1.82, 2.24) is 10.2 Å². The standard InChI is InChI=1S/C16H19F3N2O/c1-10(11-3-2-4-13(7-11)16(17,18)19)21(14-5-6-14)15(22)12-8-20-9-12/h2-4,7,10,12,14,20H,5-6,8-9H2,1H3. The van der Waals surface area contributed by atoms with Crippen LogP contribution in [0, 0.1) is 5.92 Å². The van der Waals surface area contributed by atoms with Gasteiger partial charge < -0.3 is 10.2 Å². The molecule has 1 aromatic rings. The van der Waals surface area contributed by atoms with E-state index in [1.807, 2.05) is 6.92 Å². The van der Waals surface area contributed by atoms with Crippen LogP contribution < -0.4 is 5.32 Å². The number of halogens is 3. The summed E-state index contributed by atoms with van der Waals surface area (Å²) in [5.41, 5.74) is -0.118. The second-order valence-electron chi connectivity index (χ2n) is 6.13. The summed E-state index contributed by atoms with van der Waals surface area (Å²) < 4.78 is 38.6. The van der Waals surface area contributed by atoms with Gasteiger partial charge in [0, 0.05) is 19.1 Å². The topological polar surface area (TPSA) is 32.3 Å². The first-order chi connectivity index (χ1) is 10.4. The smallest absolute Gasteiger partial charge is 0.333 e. The van der Waals surface area contributed by atoms with Gasteiger partial charge in [-0.1, -0.05) is 12.1 Å². The maximum Gasteiger partial charge on any atom is 0.416 e. The molecule has 0 aromatic heterocycles. The predicted molar refractivity (Wildman–Crippen MR) is 76.1 cm³/mol. The van der Waals surface area contributed by atoms with Crippen molar-refractivity contribution < 1.29 is 18.0 Å². The summed E-state index contributed by atoms with van der Waals surface area (Å²) in [7, 11) is 0. The van der Waals surface area contributed by atoms with Crippen LogP contribution in [0.25, 0.3) is 0 Å². The molecule has 1 aromatic carbocycles. The highest BCUT2D eigenvalue weighted by atomic mass is 19.4. The van der Waals surface area contributed by atoms with Crippen molar-refractivity contribution in [3.8, 4) is 0 Å². The molecule has 0 bridgehead atoms. The molecule has 1 aliphatic heterocycles. The highest BCUT2D eigenvalue weighted by Gasteiger charge is 2.41. The number of carbonyl (C=O) groups excluding carboxylic acids is 1. The fourth-order valence-electron chi connectivity index (χ4n) is 2.85. The maximum absolute atomic E-state index is 12.9. The number of rotatable bonds is 4.